The van der Waals surface area contributed by atoms with Crippen molar-refractivity contribution in [2.24, 2.45) is 11.8 Å². The number of hydrogen-bond acceptors (Lipinski definition) is 15. The first-order valence-corrected chi connectivity index (χ1v) is 45.0. The first-order chi connectivity index (χ1) is 48.4. The highest BCUT2D eigenvalue weighted by atomic mass is 31.2. The Balaban J connectivity index is 5.22. The van der Waals surface area contributed by atoms with Gasteiger partial charge < -0.3 is 33.8 Å². The minimum absolute atomic E-state index is 0.107. The van der Waals surface area contributed by atoms with Gasteiger partial charge in [0.1, 0.15) is 19.3 Å². The number of carbonyl (C=O) groups is 4. The van der Waals surface area contributed by atoms with E-state index >= 15 is 0 Å². The summed E-state index contributed by atoms with van der Waals surface area (Å²) in [4.78, 5) is 73.0. The topological polar surface area (TPSA) is 237 Å². The van der Waals surface area contributed by atoms with Gasteiger partial charge in [-0.05, 0) is 37.5 Å². The fraction of sp³-hybridized carbons (Fsp3) is 0.951. The van der Waals surface area contributed by atoms with Crippen LogP contribution in [0.5, 0.6) is 0 Å². The van der Waals surface area contributed by atoms with Gasteiger partial charge in [0.25, 0.3) is 0 Å². The van der Waals surface area contributed by atoms with Crippen LogP contribution in [-0.4, -0.2) is 96.7 Å². The van der Waals surface area contributed by atoms with Crippen molar-refractivity contribution in [1.29, 1.82) is 0 Å². The number of unbranched alkanes of at least 4 members (excludes halogenated alkanes) is 50. The van der Waals surface area contributed by atoms with Crippen LogP contribution in [0.1, 0.15) is 427 Å². The van der Waals surface area contributed by atoms with Crippen LogP contribution < -0.4 is 0 Å². The standard InChI is InChI=1S/C81H158O17P2/c1-7-9-11-13-15-17-18-19-20-21-22-23-24-25-30-35-41-47-53-59-65-80(85)98-77(70-92-79(84)64-58-52-46-40-34-29-27-26-28-32-38-43-49-55-61-73(3)4)72-96-100(89,90)94-68-75(82)67-93-99(87,88)95-71-76(69-91-78(83)63-57-51-45-37-16-14-12-10-8-2)97-81(86)66-60-54-48-42-36-31-33-39-44-50-56-62-74(5)6/h73-77,82H,7-72H2,1-6H3,(H,87,88)(H,89,90)/t75-,76+,77+/m0/s1. The summed E-state index contributed by atoms with van der Waals surface area (Å²) in [5, 5.41) is 10.6. The highest BCUT2D eigenvalue weighted by Gasteiger charge is 2.30. The normalized spacial score (nSPS) is 13.9. The van der Waals surface area contributed by atoms with Crippen molar-refractivity contribution in [1.82, 2.24) is 0 Å². The van der Waals surface area contributed by atoms with Crippen LogP contribution in [-0.2, 0) is 65.4 Å². The third-order valence-electron chi connectivity index (χ3n) is 19.0. The highest BCUT2D eigenvalue weighted by molar-refractivity contribution is 7.47. The smallest absolute Gasteiger partial charge is 0.462 e. The Labute approximate surface area is 613 Å². The van der Waals surface area contributed by atoms with Crippen molar-refractivity contribution >= 4 is 39.5 Å². The van der Waals surface area contributed by atoms with Crippen LogP contribution in [0.25, 0.3) is 0 Å². The van der Waals surface area contributed by atoms with Crippen molar-refractivity contribution in [3.63, 3.8) is 0 Å². The lowest BCUT2D eigenvalue weighted by atomic mass is 10.0. The third-order valence-corrected chi connectivity index (χ3v) is 20.9. The van der Waals surface area contributed by atoms with E-state index in [1.165, 1.54) is 244 Å². The monoisotopic (exact) mass is 1470 g/mol. The van der Waals surface area contributed by atoms with E-state index in [-0.39, 0.29) is 25.7 Å². The molecule has 0 amide bonds. The van der Waals surface area contributed by atoms with Crippen LogP contribution in [0.2, 0.25) is 0 Å². The van der Waals surface area contributed by atoms with E-state index in [0.29, 0.717) is 25.7 Å². The molecular formula is C81H158O17P2. The summed E-state index contributed by atoms with van der Waals surface area (Å²) in [5.74, 6) is -0.545. The molecule has 100 heavy (non-hydrogen) atoms. The van der Waals surface area contributed by atoms with Gasteiger partial charge >= 0.3 is 39.5 Å². The molecule has 3 N–H and O–H groups in total. The van der Waals surface area contributed by atoms with Crippen molar-refractivity contribution in [3.05, 3.63) is 0 Å². The maximum Gasteiger partial charge on any atom is 0.472 e. The van der Waals surface area contributed by atoms with Gasteiger partial charge in [-0.1, -0.05) is 375 Å². The van der Waals surface area contributed by atoms with E-state index in [2.05, 4.69) is 41.5 Å². The summed E-state index contributed by atoms with van der Waals surface area (Å²) >= 11 is 0. The van der Waals surface area contributed by atoms with Crippen LogP contribution in [0, 0.1) is 11.8 Å². The fourth-order valence-corrected chi connectivity index (χ4v) is 14.1. The molecule has 2 unspecified atom stereocenters. The van der Waals surface area contributed by atoms with Crippen molar-refractivity contribution in [2.45, 2.75) is 445 Å². The molecule has 0 fully saturated rings. The van der Waals surface area contributed by atoms with Gasteiger partial charge in [0.15, 0.2) is 12.2 Å². The third kappa shape index (κ3) is 74.3. The first kappa shape index (κ1) is 98.1. The maximum absolute atomic E-state index is 13.1. The highest BCUT2D eigenvalue weighted by Crippen LogP contribution is 2.45. The molecule has 0 aromatic rings. The van der Waals surface area contributed by atoms with Crippen molar-refractivity contribution < 1.29 is 80.2 Å². The van der Waals surface area contributed by atoms with Crippen LogP contribution in [0.4, 0.5) is 0 Å². The second-order valence-corrected chi connectivity index (χ2v) is 33.0. The predicted molar refractivity (Wildman–Crippen MR) is 409 cm³/mol. The lowest BCUT2D eigenvalue weighted by Gasteiger charge is -2.21. The number of aliphatic hydroxyl groups is 1. The van der Waals surface area contributed by atoms with Gasteiger partial charge in [0, 0.05) is 25.7 Å². The van der Waals surface area contributed by atoms with Gasteiger partial charge in [-0.25, -0.2) is 9.13 Å². The largest absolute Gasteiger partial charge is 0.472 e. The SMILES string of the molecule is CCCCCCCCCCCCCCCCCCCCCCC(=O)O[C@H](COC(=O)CCCCCCCCCCCCCCCCC(C)C)COP(=O)(O)OC[C@@H](O)COP(=O)(O)OC[C@@H](COC(=O)CCCCCCCCCCC)OC(=O)CCCCCCCCCCCCCC(C)C. The zero-order chi connectivity index (χ0) is 73.5. The second-order valence-electron chi connectivity index (χ2n) is 30.1. The number of carbonyl (C=O) groups excluding carboxylic acids is 4. The van der Waals surface area contributed by atoms with E-state index in [1.807, 2.05) is 0 Å². The minimum Gasteiger partial charge on any atom is -0.462 e. The number of esters is 4. The number of aliphatic hydroxyl groups excluding tert-OH is 1. The summed E-state index contributed by atoms with van der Waals surface area (Å²) in [5.41, 5.74) is 0. The molecule has 17 nitrogen and oxygen atoms in total. The summed E-state index contributed by atoms with van der Waals surface area (Å²) in [6, 6.07) is 0. The molecule has 0 radical (unpaired) electrons. The van der Waals surface area contributed by atoms with Crippen LogP contribution >= 0.6 is 15.6 Å². The lowest BCUT2D eigenvalue weighted by Crippen LogP contribution is -2.30. The maximum atomic E-state index is 13.1. The minimum atomic E-state index is -4.96. The van der Waals surface area contributed by atoms with Gasteiger partial charge in [-0.15, -0.1) is 0 Å². The Morgan fingerprint density at radius 1 is 0.270 bits per heavy atom. The van der Waals surface area contributed by atoms with Gasteiger partial charge in [0.2, 0.25) is 0 Å². The molecule has 0 bridgehead atoms. The van der Waals surface area contributed by atoms with E-state index < -0.39 is 97.5 Å². The fourth-order valence-electron chi connectivity index (χ4n) is 12.5. The number of phosphoric ester groups is 2. The molecule has 0 aliphatic heterocycles. The zero-order valence-electron chi connectivity index (χ0n) is 65.5. The van der Waals surface area contributed by atoms with Gasteiger partial charge in [-0.2, -0.15) is 0 Å². The molecule has 0 saturated heterocycles. The van der Waals surface area contributed by atoms with Crippen LogP contribution in [0.3, 0.4) is 0 Å². The van der Waals surface area contributed by atoms with Gasteiger partial charge in [-0.3, -0.25) is 37.3 Å². The average Bonchev–Trinajstić information content (AvgIpc) is 1.06. The quantitative estimate of drug-likeness (QED) is 0.0222. The summed E-state index contributed by atoms with van der Waals surface area (Å²) in [6.45, 7) is 9.64. The van der Waals surface area contributed by atoms with Gasteiger partial charge in [0.05, 0.1) is 26.4 Å². The summed E-state index contributed by atoms with van der Waals surface area (Å²) in [7, 11) is -9.92. The van der Waals surface area contributed by atoms with E-state index in [9.17, 15) is 43.2 Å². The molecule has 0 aliphatic rings. The number of phosphoric acid groups is 2. The molecule has 0 saturated carbocycles. The molecular weight excluding hydrogens is 1310 g/mol. The van der Waals surface area contributed by atoms with E-state index in [0.717, 1.165) is 102 Å². The molecule has 0 aliphatic carbocycles. The Hall–Kier alpha value is -1.94. The van der Waals surface area contributed by atoms with Crippen molar-refractivity contribution in [2.75, 3.05) is 39.6 Å². The molecule has 0 rings (SSSR count). The number of rotatable bonds is 80. The molecule has 5 atom stereocenters. The molecule has 0 aromatic heterocycles. The molecule has 0 aromatic carbocycles. The Morgan fingerprint density at radius 2 is 0.460 bits per heavy atom. The molecule has 0 heterocycles. The molecule has 594 valence electrons. The molecule has 19 heteroatoms. The van der Waals surface area contributed by atoms with E-state index in [1.54, 1.807) is 0 Å². The number of hydrogen-bond donors (Lipinski definition) is 3. The van der Waals surface area contributed by atoms with E-state index in [4.69, 9.17) is 37.0 Å². The Morgan fingerprint density at radius 3 is 0.680 bits per heavy atom. The second kappa shape index (κ2) is 72.6. The van der Waals surface area contributed by atoms with Crippen LogP contribution in [0.15, 0.2) is 0 Å². The molecule has 0 spiro atoms. The Bertz CT molecular complexity index is 1920. The first-order valence-electron chi connectivity index (χ1n) is 42.0. The predicted octanol–water partition coefficient (Wildman–Crippen LogP) is 24.3. The zero-order valence-corrected chi connectivity index (χ0v) is 67.3. The number of ether oxygens (including phenoxy) is 4. The lowest BCUT2D eigenvalue weighted by molar-refractivity contribution is -0.161. The summed E-state index contributed by atoms with van der Waals surface area (Å²) in [6.07, 6.45) is 62.5. The Kier molecular flexibility index (Phi) is 71.2. The average molecular weight is 1470 g/mol. The van der Waals surface area contributed by atoms with Crippen molar-refractivity contribution in [3.8, 4) is 0 Å². The summed E-state index contributed by atoms with van der Waals surface area (Å²) < 4.78 is 68.7.